The van der Waals surface area contributed by atoms with Crippen molar-refractivity contribution < 1.29 is 4.79 Å². The Hall–Kier alpha value is -1.33. The van der Waals surface area contributed by atoms with Gasteiger partial charge in [0.15, 0.2) is 0 Å². The van der Waals surface area contributed by atoms with Crippen molar-refractivity contribution in [2.45, 2.75) is 30.4 Å². The van der Waals surface area contributed by atoms with Gasteiger partial charge in [0.05, 0.1) is 5.75 Å². The number of hydrogen-bond donors (Lipinski definition) is 1. The summed E-state index contributed by atoms with van der Waals surface area (Å²) in [5.74, 6) is 1.42. The fourth-order valence-corrected chi connectivity index (χ4v) is 4.25. The quantitative estimate of drug-likeness (QED) is 0.746. The van der Waals surface area contributed by atoms with Gasteiger partial charge in [-0.25, -0.2) is 0 Å². The van der Waals surface area contributed by atoms with Crippen molar-refractivity contribution in [2.24, 2.45) is 0 Å². The Morgan fingerprint density at radius 1 is 1.29 bits per heavy atom. The first kappa shape index (κ1) is 17.5. The van der Waals surface area contributed by atoms with Crippen molar-refractivity contribution in [3.63, 3.8) is 0 Å². The lowest BCUT2D eigenvalue weighted by Crippen LogP contribution is -2.46. The van der Waals surface area contributed by atoms with Crippen molar-refractivity contribution in [1.82, 2.24) is 10.3 Å². The molecule has 0 radical (unpaired) electrons. The number of hydrogen-bond acceptors (Lipinski definition) is 3. The third-order valence-corrected chi connectivity index (χ3v) is 6.09. The van der Waals surface area contributed by atoms with Gasteiger partial charge in [-0.2, -0.15) is 0 Å². The number of rotatable bonds is 7. The Balaban J connectivity index is 1.48. The van der Waals surface area contributed by atoms with Gasteiger partial charge in [-0.1, -0.05) is 40.5 Å². The van der Waals surface area contributed by atoms with Crippen LogP contribution in [-0.2, 0) is 16.0 Å². The van der Waals surface area contributed by atoms with E-state index < -0.39 is 0 Å². The number of halogens is 1. The number of nitrogens with one attached hydrogen (secondary N) is 1. The Morgan fingerprint density at radius 2 is 2.17 bits per heavy atom. The number of amides is 1. The molecule has 0 spiro atoms. The zero-order chi connectivity index (χ0) is 16.8. The second-order valence-electron chi connectivity index (χ2n) is 6.28. The molecular formula is C19H21BrN2OS. The first-order valence-corrected chi connectivity index (χ1v) is 10.1. The molecule has 1 heterocycles. The lowest BCUT2D eigenvalue weighted by molar-refractivity contribution is -0.119. The van der Waals surface area contributed by atoms with Crippen LogP contribution in [0.4, 0.5) is 0 Å². The highest BCUT2D eigenvalue weighted by Crippen LogP contribution is 2.43. The van der Waals surface area contributed by atoms with Crippen molar-refractivity contribution >= 4 is 33.6 Å². The van der Waals surface area contributed by atoms with Gasteiger partial charge in [-0.3, -0.25) is 9.78 Å². The van der Waals surface area contributed by atoms with Crippen LogP contribution < -0.4 is 5.32 Å². The van der Waals surface area contributed by atoms with Crippen molar-refractivity contribution in [1.29, 1.82) is 0 Å². The van der Waals surface area contributed by atoms with E-state index in [9.17, 15) is 4.79 Å². The molecule has 3 nitrogen and oxygen atoms in total. The molecule has 1 saturated carbocycles. The molecule has 0 unspecified atom stereocenters. The molecule has 1 aromatic heterocycles. The lowest BCUT2D eigenvalue weighted by atomic mass is 9.64. The molecule has 1 amide bonds. The molecule has 0 bridgehead atoms. The highest BCUT2D eigenvalue weighted by atomic mass is 79.9. The minimum atomic E-state index is 0.116. The Labute approximate surface area is 155 Å². The third-order valence-electron chi connectivity index (χ3n) is 4.60. The minimum absolute atomic E-state index is 0.116. The van der Waals surface area contributed by atoms with E-state index in [0.29, 0.717) is 5.75 Å². The zero-order valence-electron chi connectivity index (χ0n) is 13.5. The van der Waals surface area contributed by atoms with Crippen molar-refractivity contribution in [2.75, 3.05) is 12.3 Å². The SMILES string of the molecule is O=C(CSCc1cccnc1)NCC1(c2cccc(Br)c2)CCC1. The van der Waals surface area contributed by atoms with Crippen LogP contribution in [0.2, 0.25) is 0 Å². The number of thioether (sulfide) groups is 1. The molecule has 1 aromatic carbocycles. The number of nitrogens with zero attached hydrogens (tertiary/aromatic N) is 1. The maximum atomic E-state index is 12.2. The van der Waals surface area contributed by atoms with E-state index in [1.165, 1.54) is 12.0 Å². The standard InChI is InChI=1S/C19H21BrN2OS/c20-17-6-1-5-16(10-17)19(7-3-8-19)14-22-18(23)13-24-12-15-4-2-9-21-11-15/h1-2,4-6,9-11H,3,7-8,12-14H2,(H,22,23). The van der Waals surface area contributed by atoms with Gasteiger partial charge in [0.25, 0.3) is 0 Å². The summed E-state index contributed by atoms with van der Waals surface area (Å²) < 4.78 is 1.10. The second-order valence-corrected chi connectivity index (χ2v) is 8.18. The fourth-order valence-electron chi connectivity index (χ4n) is 3.05. The molecule has 0 aliphatic heterocycles. The van der Waals surface area contributed by atoms with Gasteiger partial charge in [-0.05, 0) is 42.2 Å². The lowest BCUT2D eigenvalue weighted by Gasteiger charge is -2.42. The molecule has 3 rings (SSSR count). The zero-order valence-corrected chi connectivity index (χ0v) is 15.9. The second kappa shape index (κ2) is 8.17. The molecule has 0 atom stereocenters. The van der Waals surface area contributed by atoms with Crippen LogP contribution in [0.1, 0.15) is 30.4 Å². The van der Waals surface area contributed by atoms with E-state index in [1.54, 1.807) is 18.0 Å². The maximum absolute atomic E-state index is 12.2. The summed E-state index contributed by atoms with van der Waals surface area (Å²) in [5, 5.41) is 3.14. The summed E-state index contributed by atoms with van der Waals surface area (Å²) >= 11 is 5.18. The molecular weight excluding hydrogens is 384 g/mol. The normalized spacial score (nSPS) is 15.5. The van der Waals surface area contributed by atoms with E-state index in [2.05, 4.69) is 44.4 Å². The minimum Gasteiger partial charge on any atom is -0.354 e. The molecule has 1 aliphatic rings. The molecule has 24 heavy (non-hydrogen) atoms. The van der Waals surface area contributed by atoms with E-state index in [4.69, 9.17) is 0 Å². The molecule has 0 saturated heterocycles. The van der Waals surface area contributed by atoms with Gasteiger partial charge in [0, 0.05) is 34.6 Å². The first-order chi connectivity index (χ1) is 11.7. The molecule has 126 valence electrons. The highest BCUT2D eigenvalue weighted by Gasteiger charge is 2.38. The summed E-state index contributed by atoms with van der Waals surface area (Å²) in [6.45, 7) is 0.732. The summed E-state index contributed by atoms with van der Waals surface area (Å²) in [6.07, 6.45) is 7.14. The van der Waals surface area contributed by atoms with E-state index in [1.807, 2.05) is 24.4 Å². The van der Waals surface area contributed by atoms with Crippen molar-refractivity contribution in [3.05, 3.63) is 64.4 Å². The average Bonchev–Trinajstić information content (AvgIpc) is 2.55. The number of benzene rings is 1. The van der Waals surface area contributed by atoms with E-state index in [0.717, 1.165) is 35.2 Å². The van der Waals surface area contributed by atoms with Crippen LogP contribution in [0.15, 0.2) is 53.3 Å². The molecule has 5 heteroatoms. The van der Waals surface area contributed by atoms with Gasteiger partial charge in [-0.15, -0.1) is 11.8 Å². The number of aromatic nitrogens is 1. The van der Waals surface area contributed by atoms with Crippen LogP contribution in [0.25, 0.3) is 0 Å². The Morgan fingerprint density at radius 3 is 2.83 bits per heavy atom. The summed E-state index contributed by atoms with van der Waals surface area (Å²) in [5.41, 5.74) is 2.60. The topological polar surface area (TPSA) is 42.0 Å². The van der Waals surface area contributed by atoms with Crippen LogP contribution in [-0.4, -0.2) is 23.2 Å². The largest absolute Gasteiger partial charge is 0.354 e. The Kier molecular flexibility index (Phi) is 5.95. The number of carbonyl (C=O) groups is 1. The Bertz CT molecular complexity index is 689. The average molecular weight is 405 g/mol. The molecule has 2 aromatic rings. The monoisotopic (exact) mass is 404 g/mol. The first-order valence-electron chi connectivity index (χ1n) is 8.17. The van der Waals surface area contributed by atoms with Crippen LogP contribution in [0.3, 0.4) is 0 Å². The molecule has 1 N–H and O–H groups in total. The third kappa shape index (κ3) is 4.39. The number of carbonyl (C=O) groups excluding carboxylic acids is 1. The van der Waals surface area contributed by atoms with Gasteiger partial charge < -0.3 is 5.32 Å². The van der Waals surface area contributed by atoms with E-state index >= 15 is 0 Å². The van der Waals surface area contributed by atoms with Gasteiger partial charge >= 0.3 is 0 Å². The van der Waals surface area contributed by atoms with Gasteiger partial charge in [0.2, 0.25) is 5.91 Å². The smallest absolute Gasteiger partial charge is 0.230 e. The predicted octanol–water partition coefficient (Wildman–Crippen LogP) is 4.32. The summed E-state index contributed by atoms with van der Waals surface area (Å²) in [7, 11) is 0. The molecule has 1 aliphatic carbocycles. The van der Waals surface area contributed by atoms with Crippen molar-refractivity contribution in [3.8, 4) is 0 Å². The summed E-state index contributed by atoms with van der Waals surface area (Å²) in [4.78, 5) is 16.3. The number of pyridine rings is 1. The van der Waals surface area contributed by atoms with Crippen LogP contribution in [0, 0.1) is 0 Å². The highest BCUT2D eigenvalue weighted by molar-refractivity contribution is 9.10. The predicted molar refractivity (Wildman–Crippen MR) is 103 cm³/mol. The molecule has 1 fully saturated rings. The summed E-state index contributed by atoms with van der Waals surface area (Å²) in [6, 6.07) is 12.4. The maximum Gasteiger partial charge on any atom is 0.230 e. The van der Waals surface area contributed by atoms with E-state index in [-0.39, 0.29) is 11.3 Å². The van der Waals surface area contributed by atoms with Crippen LogP contribution >= 0.6 is 27.7 Å². The fraction of sp³-hybridized carbons (Fsp3) is 0.368. The van der Waals surface area contributed by atoms with Crippen LogP contribution in [0.5, 0.6) is 0 Å². The van der Waals surface area contributed by atoms with Gasteiger partial charge in [0.1, 0.15) is 0 Å².